The molecule has 0 saturated heterocycles. The number of hydrogen-bond donors (Lipinski definition) is 2. The number of alkyl halides is 6. The first-order valence-electron chi connectivity index (χ1n) is 11.0. The van der Waals surface area contributed by atoms with Crippen molar-refractivity contribution in [3.05, 3.63) is 87.1 Å². The fourth-order valence-corrected chi connectivity index (χ4v) is 3.63. The van der Waals surface area contributed by atoms with E-state index >= 15 is 0 Å². The summed E-state index contributed by atoms with van der Waals surface area (Å²) >= 11 is 5.85. The zero-order chi connectivity index (χ0) is 29.2. The number of nitrogens with one attached hydrogen (secondary N) is 1. The van der Waals surface area contributed by atoms with Gasteiger partial charge in [-0.3, -0.25) is 4.79 Å². The van der Waals surface area contributed by atoms with Gasteiger partial charge in [0.2, 0.25) is 11.8 Å². The summed E-state index contributed by atoms with van der Waals surface area (Å²) in [6.07, 6.45) is -9.22. The number of aromatic nitrogens is 5. The van der Waals surface area contributed by atoms with Gasteiger partial charge in [0.05, 0.1) is 5.56 Å². The summed E-state index contributed by atoms with van der Waals surface area (Å²) in [6, 6.07) is 7.67. The van der Waals surface area contributed by atoms with Crippen molar-refractivity contribution in [1.82, 2.24) is 29.9 Å². The number of carbonyl (C=O) groups excluding carboxylic acids is 1. The van der Waals surface area contributed by atoms with Crippen LogP contribution in [-0.4, -0.2) is 36.6 Å². The zero-order valence-corrected chi connectivity index (χ0v) is 20.5. The minimum atomic E-state index is -4.76. The molecule has 0 bridgehead atoms. The van der Waals surface area contributed by atoms with Gasteiger partial charge >= 0.3 is 24.1 Å². The maximum absolute atomic E-state index is 13.3. The Bertz CT molecular complexity index is 1610. The number of nitrogens with two attached hydrogens (primary N) is 1. The van der Waals surface area contributed by atoms with Crippen molar-refractivity contribution < 1.29 is 35.6 Å². The van der Waals surface area contributed by atoms with E-state index in [2.05, 4.69) is 20.6 Å². The highest BCUT2D eigenvalue weighted by atomic mass is 35.5. The van der Waals surface area contributed by atoms with E-state index in [0.29, 0.717) is 20.5 Å². The van der Waals surface area contributed by atoms with E-state index in [0.717, 1.165) is 18.2 Å². The van der Waals surface area contributed by atoms with Gasteiger partial charge in [0, 0.05) is 22.9 Å². The van der Waals surface area contributed by atoms with E-state index in [1.165, 1.54) is 30.3 Å². The van der Waals surface area contributed by atoms with Gasteiger partial charge in [-0.1, -0.05) is 28.8 Å². The van der Waals surface area contributed by atoms with Gasteiger partial charge in [-0.05, 0) is 42.0 Å². The molecule has 4 rings (SSSR count). The molecular weight excluding hydrogens is 572 g/mol. The first-order chi connectivity index (χ1) is 18.7. The van der Waals surface area contributed by atoms with Crippen LogP contribution >= 0.6 is 11.6 Å². The molecular formula is C23H16ClF6N7O3. The molecule has 0 spiro atoms. The summed E-state index contributed by atoms with van der Waals surface area (Å²) in [5, 5.41) is 13.7. The van der Waals surface area contributed by atoms with Crippen molar-refractivity contribution in [3.63, 3.8) is 0 Å². The van der Waals surface area contributed by atoms with E-state index in [1.807, 2.05) is 0 Å². The smallest absolute Gasteiger partial charge is 0.406 e. The molecule has 0 radical (unpaired) electrons. The predicted molar refractivity (Wildman–Crippen MR) is 128 cm³/mol. The molecule has 1 unspecified atom stereocenters. The van der Waals surface area contributed by atoms with Crippen LogP contribution in [0.2, 0.25) is 5.02 Å². The van der Waals surface area contributed by atoms with Crippen LogP contribution in [0.15, 0.2) is 63.8 Å². The Labute approximate surface area is 224 Å². The summed E-state index contributed by atoms with van der Waals surface area (Å²) in [4.78, 5) is 25.9. The van der Waals surface area contributed by atoms with Crippen LogP contribution in [-0.2, 0) is 17.5 Å². The molecule has 0 aliphatic heterocycles. The molecule has 0 aliphatic rings. The average molecular weight is 588 g/mol. The Morgan fingerprint density at radius 1 is 1.10 bits per heavy atom. The minimum Gasteiger partial charge on any atom is -0.406 e. The molecule has 2 heterocycles. The molecule has 0 aliphatic carbocycles. The molecule has 2 aromatic heterocycles. The highest BCUT2D eigenvalue weighted by Gasteiger charge is 2.32. The first kappa shape index (κ1) is 28.4. The zero-order valence-electron chi connectivity index (χ0n) is 19.7. The largest absolute Gasteiger partial charge is 0.416 e. The van der Waals surface area contributed by atoms with Crippen molar-refractivity contribution in [2.45, 2.75) is 24.9 Å². The van der Waals surface area contributed by atoms with Crippen molar-refractivity contribution in [1.29, 1.82) is 0 Å². The van der Waals surface area contributed by atoms with E-state index < -0.39 is 48.1 Å². The van der Waals surface area contributed by atoms with Crippen LogP contribution in [0, 0.1) is 0 Å². The second-order valence-electron chi connectivity index (χ2n) is 8.10. The number of anilines is 1. The summed E-state index contributed by atoms with van der Waals surface area (Å²) in [7, 11) is 0. The average Bonchev–Trinajstić information content (AvgIpc) is 3.43. The quantitative estimate of drug-likeness (QED) is 0.308. The number of benzene rings is 2. The molecule has 1 atom stereocenters. The van der Waals surface area contributed by atoms with E-state index in [9.17, 15) is 35.9 Å². The number of nitrogens with zero attached hydrogens (tertiary/aromatic N) is 5. The molecule has 0 fully saturated rings. The van der Waals surface area contributed by atoms with Crippen LogP contribution in [0.3, 0.4) is 0 Å². The Kier molecular flexibility index (Phi) is 7.72. The third kappa shape index (κ3) is 6.69. The molecule has 10 nitrogen and oxygen atoms in total. The Hall–Kier alpha value is -4.60. The van der Waals surface area contributed by atoms with Crippen LogP contribution < -0.4 is 16.7 Å². The van der Waals surface area contributed by atoms with Gasteiger partial charge in [-0.2, -0.15) is 26.3 Å². The predicted octanol–water partition coefficient (Wildman–Crippen LogP) is 4.29. The Morgan fingerprint density at radius 3 is 2.40 bits per heavy atom. The molecule has 4 aromatic rings. The van der Waals surface area contributed by atoms with Crippen molar-refractivity contribution >= 4 is 29.7 Å². The number of allylic oxidation sites excluding steroid dienone is 1. The van der Waals surface area contributed by atoms with Gasteiger partial charge < -0.3 is 15.5 Å². The summed E-state index contributed by atoms with van der Waals surface area (Å²) in [6.45, 7) is -0.842. The van der Waals surface area contributed by atoms with Gasteiger partial charge in [0.1, 0.15) is 12.6 Å². The number of halogens is 7. The number of amides is 1. The molecule has 17 heteroatoms. The maximum Gasteiger partial charge on any atom is 0.416 e. The van der Waals surface area contributed by atoms with Crippen molar-refractivity contribution in [2.24, 2.45) is 0 Å². The SMILES string of the molecule is Nc1nnc(C(NC(=O)Cn2nc(-c3ccc(Cl)cc3)n(/C=C/C(F)(F)F)c2=O)c2cccc(C(F)(F)F)c2)o1. The number of rotatable bonds is 7. The third-order valence-corrected chi connectivity index (χ3v) is 5.49. The van der Waals surface area contributed by atoms with Gasteiger partial charge in [0.15, 0.2) is 5.82 Å². The summed E-state index contributed by atoms with van der Waals surface area (Å²) in [5.41, 5.74) is 3.37. The van der Waals surface area contributed by atoms with Crippen LogP contribution in [0.5, 0.6) is 0 Å². The lowest BCUT2D eigenvalue weighted by molar-refractivity contribution is -0.137. The van der Waals surface area contributed by atoms with Gasteiger partial charge in [-0.25, -0.2) is 14.0 Å². The lowest BCUT2D eigenvalue weighted by atomic mass is 10.0. The fraction of sp³-hybridized carbons (Fsp3) is 0.174. The first-order valence-corrected chi connectivity index (χ1v) is 11.4. The number of carbonyl (C=O) groups is 1. The number of hydrogen-bond acceptors (Lipinski definition) is 7. The van der Waals surface area contributed by atoms with Crippen molar-refractivity contribution in [2.75, 3.05) is 5.73 Å². The van der Waals surface area contributed by atoms with E-state index in [1.54, 1.807) is 0 Å². The maximum atomic E-state index is 13.3. The second kappa shape index (κ2) is 10.9. The highest BCUT2D eigenvalue weighted by molar-refractivity contribution is 6.30. The highest BCUT2D eigenvalue weighted by Crippen LogP contribution is 2.32. The standard InChI is InChI=1S/C23H16ClF6N7O3/c24-15-6-4-12(5-7-15)18-35-37(21(39)36(18)9-8-22(25,26)27)11-16(38)32-17(19-33-34-20(31)40-19)13-2-1-3-14(10-13)23(28,29)30/h1-10,17H,11H2,(H2,31,34)(H,32,38)/b9-8+. The molecule has 1 amide bonds. The fourth-order valence-electron chi connectivity index (χ4n) is 3.50. The Morgan fingerprint density at radius 2 is 1.80 bits per heavy atom. The van der Waals surface area contributed by atoms with E-state index in [-0.39, 0.29) is 28.9 Å². The second-order valence-corrected chi connectivity index (χ2v) is 8.54. The lowest BCUT2D eigenvalue weighted by Crippen LogP contribution is -2.36. The van der Waals surface area contributed by atoms with E-state index in [4.69, 9.17) is 21.8 Å². The Balaban J connectivity index is 1.69. The molecule has 210 valence electrons. The third-order valence-electron chi connectivity index (χ3n) is 5.23. The van der Waals surface area contributed by atoms with Crippen LogP contribution in [0.4, 0.5) is 32.4 Å². The monoisotopic (exact) mass is 587 g/mol. The molecule has 0 saturated carbocycles. The molecule has 40 heavy (non-hydrogen) atoms. The molecule has 3 N–H and O–H groups in total. The topological polar surface area (TPSA) is 134 Å². The number of nitrogen functional groups attached to an aromatic ring is 1. The summed E-state index contributed by atoms with van der Waals surface area (Å²) in [5.74, 6) is -1.58. The van der Waals surface area contributed by atoms with Gasteiger partial charge in [-0.15, -0.1) is 10.2 Å². The lowest BCUT2D eigenvalue weighted by Gasteiger charge is -2.17. The minimum absolute atomic E-state index is 0.111. The summed E-state index contributed by atoms with van der Waals surface area (Å²) < 4.78 is 84.6. The normalized spacial score (nSPS) is 13.1. The van der Waals surface area contributed by atoms with Gasteiger partial charge in [0.25, 0.3) is 0 Å². The van der Waals surface area contributed by atoms with Crippen LogP contribution in [0.25, 0.3) is 17.6 Å². The molecule has 2 aromatic carbocycles. The van der Waals surface area contributed by atoms with Crippen molar-refractivity contribution in [3.8, 4) is 11.4 Å². The van der Waals surface area contributed by atoms with Crippen LogP contribution in [0.1, 0.15) is 23.1 Å².